The highest BCUT2D eigenvalue weighted by molar-refractivity contribution is 5.85. The average Bonchev–Trinajstić information content (AvgIpc) is 2.94. The molecule has 0 radical (unpaired) electrons. The van der Waals surface area contributed by atoms with Gasteiger partial charge in [0, 0.05) is 0 Å². The Morgan fingerprint density at radius 2 is 1.81 bits per heavy atom. The lowest BCUT2D eigenvalue weighted by Gasteiger charge is -2.37. The van der Waals surface area contributed by atoms with Gasteiger partial charge in [0.05, 0.1) is 26.2 Å². The van der Waals surface area contributed by atoms with Crippen LogP contribution in [0.1, 0.15) is 35.1 Å². The standard InChI is InChI=1S/C16H18O5/c1-20-15(18)12-9-7-6-8-4-3-5-10(11(8)9)14(17)13(12)16(19)21-2/h3-5,9,12-14,17H,6-7H2,1-2H3/t9-,12+,13-,14+/m0/s1. The number of benzene rings is 1. The second kappa shape index (κ2) is 5.15. The Hall–Kier alpha value is -1.88. The lowest BCUT2D eigenvalue weighted by Crippen LogP contribution is -2.42. The Morgan fingerprint density at radius 1 is 1.14 bits per heavy atom. The number of hydrogen-bond donors (Lipinski definition) is 1. The number of aliphatic hydroxyl groups excluding tert-OH is 1. The van der Waals surface area contributed by atoms with Crippen molar-refractivity contribution < 1.29 is 24.2 Å². The molecule has 0 unspecified atom stereocenters. The van der Waals surface area contributed by atoms with E-state index < -0.39 is 29.9 Å². The molecule has 1 aromatic rings. The first kappa shape index (κ1) is 14.1. The van der Waals surface area contributed by atoms with Gasteiger partial charge in [-0.3, -0.25) is 9.59 Å². The van der Waals surface area contributed by atoms with Crippen LogP contribution in [0.2, 0.25) is 0 Å². The molecule has 0 spiro atoms. The van der Waals surface area contributed by atoms with E-state index >= 15 is 0 Å². The quantitative estimate of drug-likeness (QED) is 0.832. The summed E-state index contributed by atoms with van der Waals surface area (Å²) < 4.78 is 9.68. The van der Waals surface area contributed by atoms with Crippen LogP contribution in [0, 0.1) is 11.8 Å². The van der Waals surface area contributed by atoms with E-state index in [-0.39, 0.29) is 5.92 Å². The molecule has 0 saturated carbocycles. The molecule has 5 nitrogen and oxygen atoms in total. The molecule has 0 amide bonds. The fraction of sp³-hybridized carbons (Fsp3) is 0.500. The average molecular weight is 290 g/mol. The molecule has 5 heteroatoms. The molecule has 21 heavy (non-hydrogen) atoms. The Morgan fingerprint density at radius 3 is 2.48 bits per heavy atom. The predicted molar refractivity (Wildman–Crippen MR) is 73.5 cm³/mol. The van der Waals surface area contributed by atoms with Crippen LogP contribution in [-0.2, 0) is 25.5 Å². The molecule has 0 fully saturated rings. The van der Waals surface area contributed by atoms with Crippen LogP contribution in [0.4, 0.5) is 0 Å². The first-order chi connectivity index (χ1) is 10.1. The number of ether oxygens (including phenoxy) is 2. The number of aliphatic hydroxyl groups is 1. The van der Waals surface area contributed by atoms with E-state index in [2.05, 4.69) is 0 Å². The molecule has 3 rings (SSSR count). The lowest BCUT2D eigenvalue weighted by atomic mass is 9.68. The summed E-state index contributed by atoms with van der Waals surface area (Å²) in [5, 5.41) is 10.6. The van der Waals surface area contributed by atoms with E-state index in [9.17, 15) is 14.7 Å². The molecule has 0 aromatic heterocycles. The molecule has 112 valence electrons. The molecule has 1 N–H and O–H groups in total. The van der Waals surface area contributed by atoms with E-state index in [1.54, 1.807) is 0 Å². The Balaban J connectivity index is 2.15. The SMILES string of the molecule is COC(=O)[C@H]1[C@H](C(=O)OC)[C@H]2CCc3cccc(c32)[C@H]1O. The Bertz CT molecular complexity index is 594. The van der Waals surface area contributed by atoms with Gasteiger partial charge in [-0.15, -0.1) is 0 Å². The highest BCUT2D eigenvalue weighted by Crippen LogP contribution is 2.52. The molecule has 4 atom stereocenters. The predicted octanol–water partition coefficient (Wildman–Crippen LogP) is 1.34. The van der Waals surface area contributed by atoms with Gasteiger partial charge in [-0.25, -0.2) is 0 Å². The number of rotatable bonds is 2. The van der Waals surface area contributed by atoms with Gasteiger partial charge in [0.1, 0.15) is 5.92 Å². The van der Waals surface area contributed by atoms with Crippen molar-refractivity contribution in [3.8, 4) is 0 Å². The van der Waals surface area contributed by atoms with Crippen molar-refractivity contribution in [1.82, 2.24) is 0 Å². The number of esters is 2. The van der Waals surface area contributed by atoms with Crippen molar-refractivity contribution in [2.75, 3.05) is 14.2 Å². The molecule has 1 aromatic carbocycles. The topological polar surface area (TPSA) is 72.8 Å². The summed E-state index contributed by atoms with van der Waals surface area (Å²) in [5.74, 6) is -2.71. The molecule has 0 bridgehead atoms. The minimum absolute atomic E-state index is 0.0869. The fourth-order valence-electron chi connectivity index (χ4n) is 3.87. The van der Waals surface area contributed by atoms with Crippen molar-refractivity contribution in [3.05, 3.63) is 34.9 Å². The van der Waals surface area contributed by atoms with Gasteiger partial charge in [-0.05, 0) is 35.4 Å². The maximum atomic E-state index is 12.2. The second-order valence-corrected chi connectivity index (χ2v) is 5.61. The summed E-state index contributed by atoms with van der Waals surface area (Å²) in [4.78, 5) is 24.3. The number of hydrogen-bond acceptors (Lipinski definition) is 5. The van der Waals surface area contributed by atoms with Gasteiger partial charge in [0.2, 0.25) is 0 Å². The zero-order chi connectivity index (χ0) is 15.1. The number of methoxy groups -OCH3 is 2. The zero-order valence-corrected chi connectivity index (χ0v) is 12.0. The van der Waals surface area contributed by atoms with E-state index in [0.29, 0.717) is 0 Å². The van der Waals surface area contributed by atoms with E-state index in [0.717, 1.165) is 29.5 Å². The number of aryl methyl sites for hydroxylation is 1. The van der Waals surface area contributed by atoms with E-state index in [1.165, 1.54) is 14.2 Å². The molecule has 2 aliphatic carbocycles. The van der Waals surface area contributed by atoms with Gasteiger partial charge in [-0.1, -0.05) is 18.2 Å². The van der Waals surface area contributed by atoms with Crippen LogP contribution < -0.4 is 0 Å². The molecule has 0 saturated heterocycles. The third-order valence-electron chi connectivity index (χ3n) is 4.75. The van der Waals surface area contributed by atoms with Crippen LogP contribution in [0.25, 0.3) is 0 Å². The second-order valence-electron chi connectivity index (χ2n) is 5.61. The first-order valence-electron chi connectivity index (χ1n) is 7.05. The zero-order valence-electron chi connectivity index (χ0n) is 12.0. The normalized spacial score (nSPS) is 29.7. The summed E-state index contributed by atoms with van der Waals surface area (Å²) >= 11 is 0. The van der Waals surface area contributed by atoms with Crippen LogP contribution in [0.5, 0.6) is 0 Å². The lowest BCUT2D eigenvalue weighted by molar-refractivity contribution is -0.165. The van der Waals surface area contributed by atoms with Crippen molar-refractivity contribution in [2.24, 2.45) is 11.8 Å². The summed E-state index contributed by atoms with van der Waals surface area (Å²) in [6.07, 6.45) is 0.597. The van der Waals surface area contributed by atoms with Gasteiger partial charge in [0.15, 0.2) is 0 Å². The molecule has 2 aliphatic rings. The van der Waals surface area contributed by atoms with Crippen LogP contribution in [0.15, 0.2) is 18.2 Å². The summed E-state index contributed by atoms with van der Waals surface area (Å²) in [5.41, 5.74) is 2.90. The first-order valence-corrected chi connectivity index (χ1v) is 7.05. The largest absolute Gasteiger partial charge is 0.469 e. The Labute approximate surface area is 122 Å². The maximum absolute atomic E-state index is 12.2. The summed E-state index contributed by atoms with van der Waals surface area (Å²) in [6.45, 7) is 0. The van der Waals surface area contributed by atoms with Crippen molar-refractivity contribution in [3.63, 3.8) is 0 Å². The van der Waals surface area contributed by atoms with Crippen LogP contribution >= 0.6 is 0 Å². The van der Waals surface area contributed by atoms with E-state index in [4.69, 9.17) is 9.47 Å². The molecular formula is C16H18O5. The van der Waals surface area contributed by atoms with E-state index in [1.807, 2.05) is 18.2 Å². The molecular weight excluding hydrogens is 272 g/mol. The summed E-state index contributed by atoms with van der Waals surface area (Å²) in [6, 6.07) is 5.72. The highest BCUT2D eigenvalue weighted by Gasteiger charge is 2.52. The smallest absolute Gasteiger partial charge is 0.312 e. The summed E-state index contributed by atoms with van der Waals surface area (Å²) in [7, 11) is 2.57. The van der Waals surface area contributed by atoms with Gasteiger partial charge >= 0.3 is 11.9 Å². The molecule has 0 aliphatic heterocycles. The van der Waals surface area contributed by atoms with Gasteiger partial charge in [0.25, 0.3) is 0 Å². The minimum Gasteiger partial charge on any atom is -0.469 e. The van der Waals surface area contributed by atoms with Crippen LogP contribution in [0.3, 0.4) is 0 Å². The maximum Gasteiger partial charge on any atom is 0.312 e. The van der Waals surface area contributed by atoms with Crippen molar-refractivity contribution in [2.45, 2.75) is 24.9 Å². The highest BCUT2D eigenvalue weighted by atomic mass is 16.5. The van der Waals surface area contributed by atoms with Crippen molar-refractivity contribution in [1.29, 1.82) is 0 Å². The third kappa shape index (κ3) is 1.95. The van der Waals surface area contributed by atoms with Gasteiger partial charge < -0.3 is 14.6 Å². The molecule has 0 heterocycles. The van der Waals surface area contributed by atoms with Gasteiger partial charge in [-0.2, -0.15) is 0 Å². The third-order valence-corrected chi connectivity index (χ3v) is 4.75. The van der Waals surface area contributed by atoms with Crippen LogP contribution in [-0.4, -0.2) is 31.3 Å². The van der Waals surface area contributed by atoms with Crippen molar-refractivity contribution >= 4 is 11.9 Å². The monoisotopic (exact) mass is 290 g/mol. The number of carbonyl (C=O) groups excluding carboxylic acids is 2. The Kier molecular flexibility index (Phi) is 3.45. The number of carbonyl (C=O) groups is 2. The minimum atomic E-state index is -1.04. The fourth-order valence-corrected chi connectivity index (χ4v) is 3.87.